The highest BCUT2D eigenvalue weighted by Gasteiger charge is 2.26. The molecule has 3 aromatic rings. The van der Waals surface area contributed by atoms with Crippen LogP contribution in [0, 0.1) is 6.92 Å². The average molecular weight is 467 g/mol. The van der Waals surface area contributed by atoms with Crippen LogP contribution in [-0.4, -0.2) is 69.4 Å². The molecule has 0 unspecified atom stereocenters. The van der Waals surface area contributed by atoms with Gasteiger partial charge in [-0.3, -0.25) is 14.6 Å². The lowest BCUT2D eigenvalue weighted by molar-refractivity contribution is -0.117. The fraction of sp³-hybridized carbons (Fsp3) is 0.500. The van der Waals surface area contributed by atoms with Crippen molar-refractivity contribution in [1.82, 2.24) is 24.8 Å². The molecule has 1 N–H and O–H groups in total. The fourth-order valence-electron chi connectivity index (χ4n) is 4.75. The van der Waals surface area contributed by atoms with Crippen molar-refractivity contribution in [1.29, 1.82) is 0 Å². The molecule has 0 aromatic carbocycles. The van der Waals surface area contributed by atoms with E-state index < -0.39 is 0 Å². The molecule has 0 radical (unpaired) electrons. The third kappa shape index (κ3) is 5.48. The first kappa shape index (κ1) is 22.2. The standard InChI is InChI=1S/C24H30N6O2S/c1-17-7-8-20(32-17)23-26-19(24-25-9-14-33-24)15-21(28-23)27-22(31)16-29-10-12-30(13-11-29)18-5-3-2-4-6-18/h7-9,14-15,18H,2-6,10-13,16H2,1H3,(H,26,27,28,31). The third-order valence-corrected chi connectivity index (χ3v) is 7.27. The van der Waals surface area contributed by atoms with Crippen LogP contribution >= 0.6 is 11.3 Å². The molecule has 1 aliphatic carbocycles. The molecule has 1 saturated heterocycles. The Morgan fingerprint density at radius 3 is 2.67 bits per heavy atom. The molecule has 4 heterocycles. The molecule has 0 bridgehead atoms. The molecular weight excluding hydrogens is 436 g/mol. The lowest BCUT2D eigenvalue weighted by Crippen LogP contribution is -2.52. The molecule has 2 fully saturated rings. The summed E-state index contributed by atoms with van der Waals surface area (Å²) < 4.78 is 5.72. The van der Waals surface area contributed by atoms with E-state index >= 15 is 0 Å². The zero-order valence-electron chi connectivity index (χ0n) is 19.0. The number of carbonyl (C=O) groups excluding carboxylic acids is 1. The number of piperazine rings is 1. The Kier molecular flexibility index (Phi) is 6.80. The van der Waals surface area contributed by atoms with Crippen LogP contribution in [0.25, 0.3) is 22.3 Å². The van der Waals surface area contributed by atoms with E-state index in [-0.39, 0.29) is 5.91 Å². The van der Waals surface area contributed by atoms with Gasteiger partial charge in [-0.2, -0.15) is 0 Å². The molecule has 1 amide bonds. The summed E-state index contributed by atoms with van der Waals surface area (Å²) in [6.07, 6.45) is 8.49. The summed E-state index contributed by atoms with van der Waals surface area (Å²) in [5, 5.41) is 5.65. The molecule has 0 atom stereocenters. The van der Waals surface area contributed by atoms with Crippen molar-refractivity contribution in [2.45, 2.75) is 45.1 Å². The summed E-state index contributed by atoms with van der Waals surface area (Å²) in [5.74, 6) is 2.19. The van der Waals surface area contributed by atoms with Gasteiger partial charge in [-0.25, -0.2) is 15.0 Å². The van der Waals surface area contributed by atoms with Gasteiger partial charge in [0.25, 0.3) is 0 Å². The number of amides is 1. The number of thiazole rings is 1. The Labute approximate surface area is 198 Å². The Bertz CT molecular complexity index is 1070. The molecule has 8 nitrogen and oxygen atoms in total. The van der Waals surface area contributed by atoms with Gasteiger partial charge in [-0.1, -0.05) is 19.3 Å². The Morgan fingerprint density at radius 2 is 1.97 bits per heavy atom. The summed E-state index contributed by atoms with van der Waals surface area (Å²) in [6.45, 7) is 6.18. The number of aryl methyl sites for hydroxylation is 1. The van der Waals surface area contributed by atoms with E-state index in [0.29, 0.717) is 29.6 Å². The van der Waals surface area contributed by atoms with E-state index in [0.717, 1.165) is 43.0 Å². The predicted octanol–water partition coefficient (Wildman–Crippen LogP) is 4.06. The monoisotopic (exact) mass is 466 g/mol. The van der Waals surface area contributed by atoms with Gasteiger partial charge in [-0.05, 0) is 31.9 Å². The highest BCUT2D eigenvalue weighted by Crippen LogP contribution is 2.27. The topological polar surface area (TPSA) is 87.4 Å². The quantitative estimate of drug-likeness (QED) is 0.586. The van der Waals surface area contributed by atoms with Gasteiger partial charge in [0.1, 0.15) is 22.3 Å². The molecule has 9 heteroatoms. The maximum absolute atomic E-state index is 12.9. The van der Waals surface area contributed by atoms with Gasteiger partial charge in [-0.15, -0.1) is 11.3 Å². The zero-order chi connectivity index (χ0) is 22.6. The number of aromatic nitrogens is 3. The molecular formula is C24H30N6O2S. The summed E-state index contributed by atoms with van der Waals surface area (Å²) in [4.78, 5) is 31.2. The van der Waals surface area contributed by atoms with Crippen LogP contribution in [0.1, 0.15) is 37.9 Å². The van der Waals surface area contributed by atoms with Crippen molar-refractivity contribution in [2.75, 3.05) is 38.0 Å². The highest BCUT2D eigenvalue weighted by atomic mass is 32.1. The van der Waals surface area contributed by atoms with Crippen molar-refractivity contribution in [3.05, 3.63) is 35.5 Å². The second-order valence-electron chi connectivity index (χ2n) is 8.86. The molecule has 2 aliphatic rings. The maximum Gasteiger partial charge on any atom is 0.239 e. The zero-order valence-corrected chi connectivity index (χ0v) is 19.8. The van der Waals surface area contributed by atoms with Gasteiger partial charge in [0.15, 0.2) is 11.6 Å². The number of nitrogens with zero attached hydrogens (tertiary/aromatic N) is 5. The largest absolute Gasteiger partial charge is 0.458 e. The summed E-state index contributed by atoms with van der Waals surface area (Å²) >= 11 is 1.50. The lowest BCUT2D eigenvalue weighted by Gasteiger charge is -2.40. The molecule has 3 aromatic heterocycles. The van der Waals surface area contributed by atoms with E-state index in [9.17, 15) is 4.79 Å². The summed E-state index contributed by atoms with van der Waals surface area (Å²) in [6, 6.07) is 6.23. The van der Waals surface area contributed by atoms with Crippen LogP contribution in [0.2, 0.25) is 0 Å². The van der Waals surface area contributed by atoms with Crippen molar-refractivity contribution in [2.24, 2.45) is 0 Å². The van der Waals surface area contributed by atoms with Crippen molar-refractivity contribution < 1.29 is 9.21 Å². The van der Waals surface area contributed by atoms with E-state index in [4.69, 9.17) is 4.42 Å². The first-order chi connectivity index (χ1) is 16.1. The van der Waals surface area contributed by atoms with Crippen LogP contribution in [0.4, 0.5) is 5.82 Å². The number of nitrogens with one attached hydrogen (secondary N) is 1. The molecule has 1 aliphatic heterocycles. The summed E-state index contributed by atoms with van der Waals surface area (Å²) in [7, 11) is 0. The van der Waals surface area contributed by atoms with Crippen LogP contribution in [0.5, 0.6) is 0 Å². The first-order valence-corrected chi connectivity index (χ1v) is 12.6. The molecule has 174 valence electrons. The second-order valence-corrected chi connectivity index (χ2v) is 9.76. The van der Waals surface area contributed by atoms with Crippen LogP contribution in [-0.2, 0) is 4.79 Å². The number of carbonyl (C=O) groups is 1. The maximum atomic E-state index is 12.9. The minimum absolute atomic E-state index is 0.0634. The van der Waals surface area contributed by atoms with E-state index in [1.165, 1.54) is 43.4 Å². The lowest BCUT2D eigenvalue weighted by atomic mass is 9.94. The smallest absolute Gasteiger partial charge is 0.239 e. The highest BCUT2D eigenvalue weighted by molar-refractivity contribution is 7.13. The van der Waals surface area contributed by atoms with Crippen LogP contribution in [0.3, 0.4) is 0 Å². The number of anilines is 1. The van der Waals surface area contributed by atoms with Crippen molar-refractivity contribution >= 4 is 23.1 Å². The minimum atomic E-state index is -0.0634. The molecule has 5 rings (SSSR count). The normalized spacial score (nSPS) is 18.5. The number of rotatable bonds is 6. The predicted molar refractivity (Wildman–Crippen MR) is 129 cm³/mol. The number of furan rings is 1. The van der Waals surface area contributed by atoms with Gasteiger partial charge in [0.2, 0.25) is 5.91 Å². The Morgan fingerprint density at radius 1 is 1.15 bits per heavy atom. The van der Waals surface area contributed by atoms with E-state index in [1.807, 2.05) is 24.4 Å². The molecule has 33 heavy (non-hydrogen) atoms. The van der Waals surface area contributed by atoms with E-state index in [2.05, 4.69) is 30.1 Å². The fourth-order valence-corrected chi connectivity index (χ4v) is 5.35. The van der Waals surface area contributed by atoms with Gasteiger partial charge in [0, 0.05) is 49.9 Å². The van der Waals surface area contributed by atoms with Crippen molar-refractivity contribution in [3.63, 3.8) is 0 Å². The van der Waals surface area contributed by atoms with Gasteiger partial charge < -0.3 is 9.73 Å². The number of hydrogen-bond acceptors (Lipinski definition) is 8. The van der Waals surface area contributed by atoms with Crippen LogP contribution < -0.4 is 5.32 Å². The van der Waals surface area contributed by atoms with Crippen LogP contribution in [0.15, 0.2) is 34.2 Å². The minimum Gasteiger partial charge on any atom is -0.458 e. The Balaban J connectivity index is 1.24. The van der Waals surface area contributed by atoms with Crippen molar-refractivity contribution in [3.8, 4) is 22.3 Å². The number of hydrogen-bond donors (Lipinski definition) is 1. The SMILES string of the molecule is Cc1ccc(-c2nc(NC(=O)CN3CCN(C4CCCCC4)CC3)cc(-c3nccs3)n2)o1. The average Bonchev–Trinajstić information content (AvgIpc) is 3.52. The Hall–Kier alpha value is -2.62. The third-order valence-electron chi connectivity index (χ3n) is 6.47. The van der Waals surface area contributed by atoms with Gasteiger partial charge in [0.05, 0.1) is 6.54 Å². The molecule has 0 spiro atoms. The second kappa shape index (κ2) is 10.1. The van der Waals surface area contributed by atoms with E-state index in [1.54, 1.807) is 12.3 Å². The summed E-state index contributed by atoms with van der Waals surface area (Å²) in [5.41, 5.74) is 0.667. The molecule has 1 saturated carbocycles. The van der Waals surface area contributed by atoms with Gasteiger partial charge >= 0.3 is 0 Å². The first-order valence-electron chi connectivity index (χ1n) is 11.8.